The van der Waals surface area contributed by atoms with E-state index in [0.717, 1.165) is 5.69 Å². The summed E-state index contributed by atoms with van der Waals surface area (Å²) in [4.78, 5) is 11.4. The van der Waals surface area contributed by atoms with Crippen molar-refractivity contribution in [3.63, 3.8) is 0 Å². The van der Waals surface area contributed by atoms with Crippen LogP contribution in [0.25, 0.3) is 0 Å². The lowest BCUT2D eigenvalue weighted by Crippen LogP contribution is -2.31. The van der Waals surface area contributed by atoms with Crippen LogP contribution in [-0.2, 0) is 4.79 Å². The van der Waals surface area contributed by atoms with Crippen molar-refractivity contribution in [3.05, 3.63) is 29.3 Å². The van der Waals surface area contributed by atoms with Gasteiger partial charge in [0.2, 0.25) is 5.91 Å². The third-order valence-electron chi connectivity index (χ3n) is 2.72. The van der Waals surface area contributed by atoms with Crippen LogP contribution in [0.1, 0.15) is 31.4 Å². The Morgan fingerprint density at radius 1 is 1.29 bits per heavy atom. The molecule has 1 amide bonds. The number of carbonyl (C=O) groups excluding carboxylic acids is 1. The molecule has 94 valence electrons. The molecule has 0 atom stereocenters. The lowest BCUT2D eigenvalue weighted by Gasteiger charge is -2.12. The summed E-state index contributed by atoms with van der Waals surface area (Å²) >= 11 is 0. The third kappa shape index (κ3) is 4.47. The molecular formula is C14H22N2O. The number of carbonyl (C=O) groups is 1. The molecule has 0 heterocycles. The second-order valence-corrected chi connectivity index (χ2v) is 4.65. The van der Waals surface area contributed by atoms with Crippen molar-refractivity contribution in [2.75, 3.05) is 11.9 Å². The van der Waals surface area contributed by atoms with Crippen LogP contribution in [0.3, 0.4) is 0 Å². The van der Waals surface area contributed by atoms with Crippen molar-refractivity contribution in [1.82, 2.24) is 5.32 Å². The average molecular weight is 234 g/mol. The average Bonchev–Trinajstić information content (AvgIpc) is 2.23. The quantitative estimate of drug-likeness (QED) is 0.822. The van der Waals surface area contributed by atoms with E-state index in [1.807, 2.05) is 26.0 Å². The van der Waals surface area contributed by atoms with Gasteiger partial charge in [0, 0.05) is 24.7 Å². The Morgan fingerprint density at radius 2 is 2.00 bits per heavy atom. The van der Waals surface area contributed by atoms with Crippen molar-refractivity contribution in [3.8, 4) is 0 Å². The van der Waals surface area contributed by atoms with Gasteiger partial charge in [0.1, 0.15) is 0 Å². The number of rotatable bonds is 5. The summed E-state index contributed by atoms with van der Waals surface area (Å²) in [6.07, 6.45) is 0.506. The van der Waals surface area contributed by atoms with E-state index in [9.17, 15) is 4.79 Å². The minimum absolute atomic E-state index is 0.0952. The monoisotopic (exact) mass is 234 g/mol. The topological polar surface area (TPSA) is 41.1 Å². The summed E-state index contributed by atoms with van der Waals surface area (Å²) in [6, 6.07) is 6.37. The first-order valence-corrected chi connectivity index (χ1v) is 6.10. The summed E-state index contributed by atoms with van der Waals surface area (Å²) < 4.78 is 0. The number of aryl methyl sites for hydroxylation is 1. The molecule has 0 radical (unpaired) electrons. The molecule has 0 aliphatic carbocycles. The fourth-order valence-corrected chi connectivity index (χ4v) is 1.65. The Labute approximate surface area is 104 Å². The van der Waals surface area contributed by atoms with E-state index in [-0.39, 0.29) is 11.9 Å². The van der Waals surface area contributed by atoms with Crippen LogP contribution >= 0.6 is 0 Å². The molecule has 0 saturated carbocycles. The van der Waals surface area contributed by atoms with Crippen LogP contribution in [0.2, 0.25) is 0 Å². The fraction of sp³-hybridized carbons (Fsp3) is 0.500. The van der Waals surface area contributed by atoms with Gasteiger partial charge < -0.3 is 10.6 Å². The zero-order valence-corrected chi connectivity index (χ0v) is 11.1. The second-order valence-electron chi connectivity index (χ2n) is 4.65. The van der Waals surface area contributed by atoms with Crippen LogP contribution in [0.15, 0.2) is 18.2 Å². The number of amides is 1. The summed E-state index contributed by atoms with van der Waals surface area (Å²) in [5.41, 5.74) is 3.63. The van der Waals surface area contributed by atoms with Crippen LogP contribution in [0.4, 0.5) is 5.69 Å². The van der Waals surface area contributed by atoms with E-state index in [2.05, 4.69) is 30.5 Å². The molecule has 0 spiro atoms. The lowest BCUT2D eigenvalue weighted by molar-refractivity contribution is -0.121. The number of hydrogen-bond donors (Lipinski definition) is 2. The molecular weight excluding hydrogens is 212 g/mol. The van der Waals surface area contributed by atoms with Gasteiger partial charge in [-0.3, -0.25) is 4.79 Å². The molecule has 2 N–H and O–H groups in total. The normalized spacial score (nSPS) is 10.4. The molecule has 0 fully saturated rings. The van der Waals surface area contributed by atoms with Crippen LogP contribution < -0.4 is 10.6 Å². The maximum absolute atomic E-state index is 11.4. The molecule has 3 nitrogen and oxygen atoms in total. The van der Waals surface area contributed by atoms with Gasteiger partial charge in [0.05, 0.1) is 0 Å². The zero-order valence-electron chi connectivity index (χ0n) is 11.1. The van der Waals surface area contributed by atoms with Crippen LogP contribution in [0, 0.1) is 13.8 Å². The van der Waals surface area contributed by atoms with Gasteiger partial charge in [-0.25, -0.2) is 0 Å². The predicted molar refractivity (Wildman–Crippen MR) is 72.3 cm³/mol. The minimum atomic E-state index is 0.0952. The number of anilines is 1. The molecule has 0 aromatic heterocycles. The maximum Gasteiger partial charge on any atom is 0.221 e. The van der Waals surface area contributed by atoms with Gasteiger partial charge in [-0.1, -0.05) is 12.1 Å². The van der Waals surface area contributed by atoms with Gasteiger partial charge in [-0.05, 0) is 44.9 Å². The Kier molecular flexibility index (Phi) is 5.01. The van der Waals surface area contributed by atoms with Crippen molar-refractivity contribution >= 4 is 11.6 Å². The lowest BCUT2D eigenvalue weighted by atomic mass is 10.1. The first kappa shape index (κ1) is 13.6. The van der Waals surface area contributed by atoms with E-state index in [0.29, 0.717) is 13.0 Å². The Hall–Kier alpha value is -1.51. The summed E-state index contributed by atoms with van der Waals surface area (Å²) in [5.74, 6) is 0.0952. The van der Waals surface area contributed by atoms with Gasteiger partial charge in [-0.2, -0.15) is 0 Å². The molecule has 0 unspecified atom stereocenters. The fourth-order valence-electron chi connectivity index (χ4n) is 1.65. The largest absolute Gasteiger partial charge is 0.384 e. The van der Waals surface area contributed by atoms with Crippen molar-refractivity contribution in [2.24, 2.45) is 0 Å². The molecule has 0 bridgehead atoms. The van der Waals surface area contributed by atoms with Crippen molar-refractivity contribution in [1.29, 1.82) is 0 Å². The molecule has 0 aliphatic heterocycles. The predicted octanol–water partition coefficient (Wildman–Crippen LogP) is 2.63. The summed E-state index contributed by atoms with van der Waals surface area (Å²) in [6.45, 7) is 8.78. The van der Waals surface area contributed by atoms with Gasteiger partial charge in [-0.15, -0.1) is 0 Å². The Morgan fingerprint density at radius 3 is 2.65 bits per heavy atom. The minimum Gasteiger partial charge on any atom is -0.384 e. The van der Waals surface area contributed by atoms with Gasteiger partial charge in [0.25, 0.3) is 0 Å². The first-order chi connectivity index (χ1) is 8.00. The molecule has 3 heteroatoms. The maximum atomic E-state index is 11.4. The SMILES string of the molecule is Cc1cccc(NCCC(=O)NC(C)C)c1C. The molecule has 0 aliphatic rings. The second kappa shape index (κ2) is 6.28. The highest BCUT2D eigenvalue weighted by molar-refractivity contribution is 5.76. The molecule has 17 heavy (non-hydrogen) atoms. The van der Waals surface area contributed by atoms with E-state index in [1.54, 1.807) is 0 Å². The molecule has 0 saturated heterocycles. The first-order valence-electron chi connectivity index (χ1n) is 6.10. The number of benzene rings is 1. The van der Waals surface area contributed by atoms with E-state index >= 15 is 0 Å². The van der Waals surface area contributed by atoms with Crippen LogP contribution in [-0.4, -0.2) is 18.5 Å². The highest BCUT2D eigenvalue weighted by atomic mass is 16.1. The number of nitrogens with one attached hydrogen (secondary N) is 2. The van der Waals surface area contributed by atoms with E-state index < -0.39 is 0 Å². The van der Waals surface area contributed by atoms with E-state index in [4.69, 9.17) is 0 Å². The highest BCUT2D eigenvalue weighted by Crippen LogP contribution is 2.17. The molecule has 1 aromatic rings. The highest BCUT2D eigenvalue weighted by Gasteiger charge is 2.04. The number of hydrogen-bond acceptors (Lipinski definition) is 2. The van der Waals surface area contributed by atoms with E-state index in [1.165, 1.54) is 11.1 Å². The molecule has 1 aromatic carbocycles. The standard InChI is InChI=1S/C14H22N2O/c1-10(2)16-14(17)8-9-15-13-7-5-6-11(3)12(13)4/h5-7,10,15H,8-9H2,1-4H3,(H,16,17). The van der Waals surface area contributed by atoms with Crippen molar-refractivity contribution in [2.45, 2.75) is 40.2 Å². The molecule has 1 rings (SSSR count). The van der Waals surface area contributed by atoms with Gasteiger partial charge in [0.15, 0.2) is 0 Å². The van der Waals surface area contributed by atoms with Gasteiger partial charge >= 0.3 is 0 Å². The smallest absolute Gasteiger partial charge is 0.221 e. The van der Waals surface area contributed by atoms with Crippen molar-refractivity contribution < 1.29 is 4.79 Å². The Bertz CT molecular complexity index is 386. The third-order valence-corrected chi connectivity index (χ3v) is 2.72. The summed E-state index contributed by atoms with van der Waals surface area (Å²) in [7, 11) is 0. The zero-order chi connectivity index (χ0) is 12.8. The Balaban J connectivity index is 2.41. The summed E-state index contributed by atoms with van der Waals surface area (Å²) in [5, 5.41) is 6.17. The van der Waals surface area contributed by atoms with Crippen LogP contribution in [0.5, 0.6) is 0 Å².